The molecular weight excluding hydrogens is 338 g/mol. The number of rotatable bonds is 3. The van der Waals surface area contributed by atoms with Gasteiger partial charge in [0.1, 0.15) is 0 Å². The fourth-order valence-electron chi connectivity index (χ4n) is 3.14. The lowest BCUT2D eigenvalue weighted by molar-refractivity contribution is -0.123. The fourth-order valence-corrected chi connectivity index (χ4v) is 3.42. The van der Waals surface area contributed by atoms with Crippen LogP contribution in [-0.2, 0) is 4.79 Å². The highest BCUT2D eigenvalue weighted by atomic mass is 35.5. The molecule has 1 saturated carbocycles. The second kappa shape index (κ2) is 6.26. The van der Waals surface area contributed by atoms with Crippen LogP contribution in [-0.4, -0.2) is 16.8 Å². The monoisotopic (exact) mass is 353 g/mol. The Kier molecular flexibility index (Phi) is 3.93. The molecule has 1 aliphatic carbocycles. The van der Waals surface area contributed by atoms with Crippen LogP contribution in [0, 0.1) is 5.92 Å². The number of nitrogens with one attached hydrogen (secondary N) is 3. The Hall–Kier alpha value is -2.79. The van der Waals surface area contributed by atoms with Crippen molar-refractivity contribution in [2.24, 2.45) is 5.92 Å². The Morgan fingerprint density at radius 3 is 2.64 bits per heavy atom. The van der Waals surface area contributed by atoms with Crippen LogP contribution < -0.4 is 10.9 Å². The minimum atomic E-state index is -0.347. The number of H-pyrrole nitrogens is 1. The number of hydrogen-bond donors (Lipinski definition) is 3. The van der Waals surface area contributed by atoms with Gasteiger partial charge in [-0.25, -0.2) is 0 Å². The summed E-state index contributed by atoms with van der Waals surface area (Å²) in [6, 6.07) is 15.0. The number of hydrogen-bond acceptors (Lipinski definition) is 2. The third-order valence-corrected chi connectivity index (χ3v) is 4.91. The Bertz CT molecular complexity index is 966. The molecule has 0 aliphatic heterocycles. The van der Waals surface area contributed by atoms with Gasteiger partial charge in [0, 0.05) is 28.0 Å². The number of fused-ring (bicyclic) bond motifs is 1. The predicted molar refractivity (Wildman–Crippen MR) is 96.2 cm³/mol. The van der Waals surface area contributed by atoms with Gasteiger partial charge in [0.05, 0.1) is 5.56 Å². The summed E-state index contributed by atoms with van der Waals surface area (Å²) in [5.41, 5.74) is 7.36. The Balaban J connectivity index is 1.38. The summed E-state index contributed by atoms with van der Waals surface area (Å²) in [5, 5.41) is 1.49. The van der Waals surface area contributed by atoms with Crippen molar-refractivity contribution in [3.8, 4) is 0 Å². The molecule has 5 nitrogen and oxygen atoms in total. The van der Waals surface area contributed by atoms with Crippen LogP contribution in [0.1, 0.15) is 28.3 Å². The van der Waals surface area contributed by atoms with E-state index in [0.717, 1.165) is 22.9 Å². The summed E-state index contributed by atoms with van der Waals surface area (Å²) in [5.74, 6) is -0.597. The van der Waals surface area contributed by atoms with E-state index < -0.39 is 0 Å². The van der Waals surface area contributed by atoms with Crippen molar-refractivity contribution in [3.63, 3.8) is 0 Å². The topological polar surface area (TPSA) is 74.0 Å². The predicted octanol–water partition coefficient (Wildman–Crippen LogP) is 3.39. The maximum absolute atomic E-state index is 12.3. The van der Waals surface area contributed by atoms with E-state index in [4.69, 9.17) is 11.6 Å². The van der Waals surface area contributed by atoms with Gasteiger partial charge in [0.2, 0.25) is 5.91 Å². The van der Waals surface area contributed by atoms with Crippen LogP contribution in [0.25, 0.3) is 10.9 Å². The molecule has 2 atom stereocenters. The molecule has 2 aromatic carbocycles. The second-order valence-corrected chi connectivity index (χ2v) is 6.57. The number of halogens is 1. The largest absolute Gasteiger partial charge is 0.360 e. The van der Waals surface area contributed by atoms with Crippen LogP contribution in [0.2, 0.25) is 5.02 Å². The first kappa shape index (κ1) is 15.7. The molecule has 6 heteroatoms. The highest BCUT2D eigenvalue weighted by Crippen LogP contribution is 2.49. The van der Waals surface area contributed by atoms with Crippen molar-refractivity contribution in [1.29, 1.82) is 0 Å². The number of carbonyl (C=O) groups excluding carboxylic acids is 2. The fraction of sp³-hybridized carbons (Fsp3) is 0.158. The SMILES string of the molecule is O=C(NNC(=O)C1CC1c1ccccc1Cl)c1c[nH]c2ccccc12. The number of hydrazine groups is 1. The number of aromatic nitrogens is 1. The summed E-state index contributed by atoms with van der Waals surface area (Å²) in [7, 11) is 0. The Morgan fingerprint density at radius 2 is 1.80 bits per heavy atom. The molecule has 1 aliphatic rings. The van der Waals surface area contributed by atoms with E-state index in [2.05, 4.69) is 15.8 Å². The lowest BCUT2D eigenvalue weighted by Gasteiger charge is -2.07. The molecule has 25 heavy (non-hydrogen) atoms. The normalized spacial score (nSPS) is 18.8. The van der Waals surface area contributed by atoms with Crippen LogP contribution in [0.3, 0.4) is 0 Å². The molecule has 0 spiro atoms. The molecule has 3 N–H and O–H groups in total. The van der Waals surface area contributed by atoms with Crippen molar-refractivity contribution in [2.45, 2.75) is 12.3 Å². The first-order valence-corrected chi connectivity index (χ1v) is 8.43. The van der Waals surface area contributed by atoms with E-state index in [1.807, 2.05) is 48.5 Å². The number of carbonyl (C=O) groups is 2. The van der Waals surface area contributed by atoms with E-state index in [1.54, 1.807) is 6.20 Å². The number of amides is 2. The van der Waals surface area contributed by atoms with Gasteiger partial charge in [-0.3, -0.25) is 20.4 Å². The number of para-hydroxylation sites is 1. The standard InChI is InChI=1S/C19H16ClN3O2/c20-16-7-3-1-5-11(16)13-9-14(13)18(24)22-23-19(25)15-10-21-17-8-4-2-6-12(15)17/h1-8,10,13-14,21H,9H2,(H,22,24)(H,23,25). The Labute approximate surface area is 149 Å². The van der Waals surface area contributed by atoms with Crippen molar-refractivity contribution in [1.82, 2.24) is 15.8 Å². The van der Waals surface area contributed by atoms with Gasteiger partial charge in [-0.1, -0.05) is 48.0 Å². The quantitative estimate of drug-likeness (QED) is 0.631. The highest BCUT2D eigenvalue weighted by Gasteiger charge is 2.44. The molecule has 2 amide bonds. The minimum absolute atomic E-state index is 0.110. The third-order valence-electron chi connectivity index (χ3n) is 4.57. The zero-order valence-corrected chi connectivity index (χ0v) is 14.0. The molecule has 1 fully saturated rings. The average molecular weight is 354 g/mol. The molecule has 2 unspecified atom stereocenters. The summed E-state index contributed by atoms with van der Waals surface area (Å²) < 4.78 is 0. The van der Waals surface area contributed by atoms with E-state index in [-0.39, 0.29) is 23.7 Å². The summed E-state index contributed by atoms with van der Waals surface area (Å²) in [6.07, 6.45) is 2.37. The van der Waals surface area contributed by atoms with E-state index >= 15 is 0 Å². The maximum Gasteiger partial charge on any atom is 0.271 e. The van der Waals surface area contributed by atoms with Gasteiger partial charge in [-0.05, 0) is 30.0 Å². The van der Waals surface area contributed by atoms with Gasteiger partial charge in [-0.2, -0.15) is 0 Å². The van der Waals surface area contributed by atoms with Gasteiger partial charge < -0.3 is 4.98 Å². The smallest absolute Gasteiger partial charge is 0.271 e. The molecule has 0 radical (unpaired) electrons. The minimum Gasteiger partial charge on any atom is -0.360 e. The van der Waals surface area contributed by atoms with E-state index in [0.29, 0.717) is 10.6 Å². The summed E-state index contributed by atoms with van der Waals surface area (Å²) in [6.45, 7) is 0. The van der Waals surface area contributed by atoms with E-state index in [9.17, 15) is 9.59 Å². The van der Waals surface area contributed by atoms with Gasteiger partial charge in [0.25, 0.3) is 5.91 Å². The van der Waals surface area contributed by atoms with Gasteiger partial charge >= 0.3 is 0 Å². The van der Waals surface area contributed by atoms with Crippen molar-refractivity contribution < 1.29 is 9.59 Å². The molecule has 0 saturated heterocycles. The third kappa shape index (κ3) is 2.98. The highest BCUT2D eigenvalue weighted by molar-refractivity contribution is 6.31. The summed E-state index contributed by atoms with van der Waals surface area (Å²) in [4.78, 5) is 27.6. The zero-order valence-electron chi connectivity index (χ0n) is 13.3. The first-order valence-electron chi connectivity index (χ1n) is 8.06. The van der Waals surface area contributed by atoms with Crippen molar-refractivity contribution in [2.75, 3.05) is 0 Å². The first-order chi connectivity index (χ1) is 12.1. The lowest BCUT2D eigenvalue weighted by atomic mass is 10.1. The zero-order chi connectivity index (χ0) is 17.4. The van der Waals surface area contributed by atoms with E-state index in [1.165, 1.54) is 0 Å². The van der Waals surface area contributed by atoms with Crippen LogP contribution in [0.15, 0.2) is 54.7 Å². The van der Waals surface area contributed by atoms with Crippen LogP contribution in [0.5, 0.6) is 0 Å². The molecule has 126 valence electrons. The Morgan fingerprint density at radius 1 is 1.04 bits per heavy atom. The van der Waals surface area contributed by atoms with Crippen molar-refractivity contribution in [3.05, 3.63) is 70.9 Å². The molecule has 4 rings (SSSR count). The second-order valence-electron chi connectivity index (χ2n) is 6.16. The molecular formula is C19H16ClN3O2. The number of aromatic amines is 1. The lowest BCUT2D eigenvalue weighted by Crippen LogP contribution is -2.42. The molecule has 3 aromatic rings. The van der Waals surface area contributed by atoms with Crippen LogP contribution >= 0.6 is 11.6 Å². The molecule has 0 bridgehead atoms. The molecule has 1 aromatic heterocycles. The molecule has 1 heterocycles. The van der Waals surface area contributed by atoms with Crippen LogP contribution in [0.4, 0.5) is 0 Å². The maximum atomic E-state index is 12.3. The summed E-state index contributed by atoms with van der Waals surface area (Å²) >= 11 is 6.17. The van der Waals surface area contributed by atoms with Gasteiger partial charge in [-0.15, -0.1) is 0 Å². The van der Waals surface area contributed by atoms with Crippen molar-refractivity contribution >= 4 is 34.3 Å². The van der Waals surface area contributed by atoms with Gasteiger partial charge in [0.15, 0.2) is 0 Å². The average Bonchev–Trinajstić information content (AvgIpc) is 3.31. The number of benzene rings is 2.